The van der Waals surface area contributed by atoms with Gasteiger partial charge in [-0.15, -0.1) is 0 Å². The first-order valence-corrected chi connectivity index (χ1v) is 13.4. The predicted octanol–water partition coefficient (Wildman–Crippen LogP) is 8.08. The Labute approximate surface area is 180 Å². The van der Waals surface area contributed by atoms with Gasteiger partial charge < -0.3 is 0 Å². The van der Waals surface area contributed by atoms with E-state index >= 15 is 0 Å². The summed E-state index contributed by atoms with van der Waals surface area (Å²) in [6.07, 6.45) is 19.0. The lowest BCUT2D eigenvalue weighted by molar-refractivity contribution is 0.479. The first-order chi connectivity index (χ1) is 13.9. The van der Waals surface area contributed by atoms with Crippen LogP contribution in [0.15, 0.2) is 23.1 Å². The quantitative estimate of drug-likeness (QED) is 0.203. The minimum atomic E-state index is -4.18. The summed E-state index contributed by atoms with van der Waals surface area (Å²) in [5.41, 5.74) is 1.48. The van der Waals surface area contributed by atoms with Crippen LogP contribution in [0.5, 0.6) is 0 Å². The largest absolute Gasteiger partial charge is 0.295 e. The van der Waals surface area contributed by atoms with Gasteiger partial charge >= 0.3 is 0 Å². The molecule has 0 aliphatic rings. The number of hydrogen-bond acceptors (Lipinski definition) is 2. The Kier molecular flexibility index (Phi) is 13.5. The number of rotatable bonds is 17. The highest BCUT2D eigenvalue weighted by atomic mass is 32.2. The zero-order valence-corrected chi connectivity index (χ0v) is 19.9. The van der Waals surface area contributed by atoms with E-state index in [2.05, 4.69) is 6.92 Å². The summed E-state index contributed by atoms with van der Waals surface area (Å²) in [5.74, 6) is 0.0724. The summed E-state index contributed by atoms with van der Waals surface area (Å²) in [6, 6.07) is 5.56. The lowest BCUT2D eigenvalue weighted by atomic mass is 9.97. The van der Waals surface area contributed by atoms with E-state index in [-0.39, 0.29) is 10.8 Å². The van der Waals surface area contributed by atoms with Crippen LogP contribution in [-0.4, -0.2) is 13.0 Å². The molecule has 1 aromatic rings. The number of unbranched alkanes of at least 4 members (excludes halogenated alkanes) is 13. The highest BCUT2D eigenvalue weighted by Crippen LogP contribution is 2.28. The van der Waals surface area contributed by atoms with E-state index in [0.29, 0.717) is 6.42 Å². The zero-order chi connectivity index (χ0) is 21.5. The van der Waals surface area contributed by atoms with E-state index in [1.54, 1.807) is 0 Å². The third-order valence-corrected chi connectivity index (χ3v) is 6.82. The van der Waals surface area contributed by atoms with E-state index < -0.39 is 10.1 Å². The van der Waals surface area contributed by atoms with E-state index in [4.69, 9.17) is 0 Å². The smallest absolute Gasteiger partial charge is 0.282 e. The van der Waals surface area contributed by atoms with Crippen molar-refractivity contribution in [3.8, 4) is 0 Å². The van der Waals surface area contributed by atoms with Crippen molar-refractivity contribution < 1.29 is 13.0 Å². The molecule has 29 heavy (non-hydrogen) atoms. The predicted molar refractivity (Wildman–Crippen MR) is 124 cm³/mol. The summed E-state index contributed by atoms with van der Waals surface area (Å²) in [6.45, 7) is 6.18. The highest BCUT2D eigenvalue weighted by molar-refractivity contribution is 7.86. The molecule has 1 rings (SSSR count). The molecule has 0 saturated carbocycles. The SMILES string of the molecule is CCCCCCCCCCCCCCCCc1cccc(C(C)C)c1S(=O)(=O)O. The van der Waals surface area contributed by atoms with Crippen LogP contribution in [0, 0.1) is 0 Å². The fourth-order valence-electron chi connectivity index (χ4n) is 4.08. The maximum Gasteiger partial charge on any atom is 0.295 e. The third kappa shape index (κ3) is 11.2. The molecule has 168 valence electrons. The van der Waals surface area contributed by atoms with E-state index in [0.717, 1.165) is 24.0 Å². The van der Waals surface area contributed by atoms with Gasteiger partial charge in [-0.25, -0.2) is 0 Å². The molecule has 1 aromatic carbocycles. The molecule has 0 saturated heterocycles. The van der Waals surface area contributed by atoms with Crippen molar-refractivity contribution >= 4 is 10.1 Å². The van der Waals surface area contributed by atoms with Crippen LogP contribution in [0.2, 0.25) is 0 Å². The van der Waals surface area contributed by atoms with Gasteiger partial charge in [0.2, 0.25) is 0 Å². The van der Waals surface area contributed by atoms with Gasteiger partial charge in [0.1, 0.15) is 4.90 Å². The average Bonchev–Trinajstić information content (AvgIpc) is 2.67. The Bertz CT molecular complexity index is 650. The van der Waals surface area contributed by atoms with Gasteiger partial charge in [-0.3, -0.25) is 4.55 Å². The highest BCUT2D eigenvalue weighted by Gasteiger charge is 2.21. The van der Waals surface area contributed by atoms with Crippen LogP contribution in [-0.2, 0) is 16.5 Å². The number of aryl methyl sites for hydroxylation is 1. The first kappa shape index (κ1) is 26.2. The van der Waals surface area contributed by atoms with Crippen LogP contribution in [0.1, 0.15) is 128 Å². The van der Waals surface area contributed by atoms with Crippen molar-refractivity contribution in [2.45, 2.75) is 128 Å². The van der Waals surface area contributed by atoms with Gasteiger partial charge in [0, 0.05) is 0 Å². The molecule has 0 bridgehead atoms. The van der Waals surface area contributed by atoms with Gasteiger partial charge in [0.15, 0.2) is 0 Å². The Balaban J connectivity index is 2.18. The Hall–Kier alpha value is -0.870. The number of benzene rings is 1. The summed E-state index contributed by atoms with van der Waals surface area (Å²) in [7, 11) is -4.18. The topological polar surface area (TPSA) is 54.4 Å². The van der Waals surface area contributed by atoms with E-state index in [9.17, 15) is 13.0 Å². The monoisotopic (exact) mass is 424 g/mol. The Morgan fingerprint density at radius 2 is 1.21 bits per heavy atom. The fraction of sp³-hybridized carbons (Fsp3) is 0.760. The minimum Gasteiger partial charge on any atom is -0.282 e. The van der Waals surface area contributed by atoms with Gasteiger partial charge in [0.05, 0.1) is 0 Å². The molecule has 0 radical (unpaired) electrons. The standard InChI is InChI=1S/C25H44O3S/c1-4-5-6-7-8-9-10-11-12-13-14-15-16-17-19-23-20-18-21-24(22(2)3)25(23)29(26,27)28/h18,20-22H,4-17,19H2,1-3H3,(H,26,27,28). The first-order valence-electron chi connectivity index (χ1n) is 12.0. The van der Waals surface area contributed by atoms with Crippen molar-refractivity contribution in [2.24, 2.45) is 0 Å². The molecular formula is C25H44O3S. The van der Waals surface area contributed by atoms with Crippen LogP contribution < -0.4 is 0 Å². The summed E-state index contributed by atoms with van der Waals surface area (Å²) >= 11 is 0. The maximum absolute atomic E-state index is 11.9. The molecule has 0 amide bonds. The van der Waals surface area contributed by atoms with Crippen molar-refractivity contribution in [2.75, 3.05) is 0 Å². The summed E-state index contributed by atoms with van der Waals surface area (Å²) < 4.78 is 33.5. The van der Waals surface area contributed by atoms with E-state index in [1.807, 2.05) is 32.0 Å². The third-order valence-electron chi connectivity index (χ3n) is 5.81. The fourth-order valence-corrected chi connectivity index (χ4v) is 5.18. The molecule has 0 aliphatic carbocycles. The van der Waals surface area contributed by atoms with Crippen LogP contribution >= 0.6 is 0 Å². The Morgan fingerprint density at radius 1 is 0.759 bits per heavy atom. The zero-order valence-electron chi connectivity index (χ0n) is 19.1. The van der Waals surface area contributed by atoms with Crippen molar-refractivity contribution in [1.29, 1.82) is 0 Å². The minimum absolute atomic E-state index is 0.0724. The summed E-state index contributed by atoms with van der Waals surface area (Å²) in [5, 5.41) is 0. The molecule has 1 N–H and O–H groups in total. The molecule has 0 atom stereocenters. The second-order valence-electron chi connectivity index (χ2n) is 8.81. The van der Waals surface area contributed by atoms with Gasteiger partial charge in [-0.05, 0) is 29.9 Å². The molecule has 0 unspecified atom stereocenters. The van der Waals surface area contributed by atoms with E-state index in [1.165, 1.54) is 77.0 Å². The molecule has 0 aliphatic heterocycles. The average molecular weight is 425 g/mol. The van der Waals surface area contributed by atoms with Crippen LogP contribution in [0.25, 0.3) is 0 Å². The molecule has 0 aromatic heterocycles. The normalized spacial score (nSPS) is 12.0. The second-order valence-corrected chi connectivity index (χ2v) is 10.2. The lowest BCUT2D eigenvalue weighted by Crippen LogP contribution is -2.09. The van der Waals surface area contributed by atoms with Gasteiger partial charge in [-0.2, -0.15) is 8.42 Å². The van der Waals surface area contributed by atoms with Crippen molar-refractivity contribution in [3.63, 3.8) is 0 Å². The lowest BCUT2D eigenvalue weighted by Gasteiger charge is -2.15. The van der Waals surface area contributed by atoms with Crippen molar-refractivity contribution in [3.05, 3.63) is 29.3 Å². The van der Waals surface area contributed by atoms with Crippen LogP contribution in [0.4, 0.5) is 0 Å². The molecule has 0 heterocycles. The number of hydrogen-bond donors (Lipinski definition) is 1. The summed E-state index contributed by atoms with van der Waals surface area (Å²) in [4.78, 5) is 0.143. The van der Waals surface area contributed by atoms with Crippen LogP contribution in [0.3, 0.4) is 0 Å². The molecule has 4 heteroatoms. The molecule has 3 nitrogen and oxygen atoms in total. The molecule has 0 fully saturated rings. The molecular weight excluding hydrogens is 380 g/mol. The van der Waals surface area contributed by atoms with Gasteiger partial charge in [0.25, 0.3) is 10.1 Å². The van der Waals surface area contributed by atoms with Gasteiger partial charge in [-0.1, -0.05) is 122 Å². The Morgan fingerprint density at radius 3 is 1.62 bits per heavy atom. The second kappa shape index (κ2) is 15.0. The maximum atomic E-state index is 11.9. The van der Waals surface area contributed by atoms with Crippen molar-refractivity contribution in [1.82, 2.24) is 0 Å². The molecule has 0 spiro atoms.